The Balaban J connectivity index is 1.56. The Labute approximate surface area is 269 Å². The van der Waals surface area contributed by atoms with Crippen molar-refractivity contribution in [2.75, 3.05) is 12.7 Å². The summed E-state index contributed by atoms with van der Waals surface area (Å²) in [5.41, 5.74) is -7.46. The Morgan fingerprint density at radius 3 is 2.52 bits per heavy atom. The molecule has 3 fully saturated rings. The van der Waals surface area contributed by atoms with Crippen molar-refractivity contribution < 1.29 is 56.8 Å². The van der Waals surface area contributed by atoms with Crippen LogP contribution in [0, 0.1) is 28.6 Å². The van der Waals surface area contributed by atoms with Gasteiger partial charge in [-0.1, -0.05) is 19.9 Å². The average molecular weight is 674 g/mol. The Morgan fingerprint density at radius 1 is 1.17 bits per heavy atom. The molecular weight excluding hydrogens is 631 g/mol. The third kappa shape index (κ3) is 5.93. The molecule has 1 unspecified atom stereocenters. The van der Waals surface area contributed by atoms with Crippen LogP contribution >= 0.6 is 11.8 Å². The van der Waals surface area contributed by atoms with Gasteiger partial charge in [-0.15, -0.1) is 0 Å². The van der Waals surface area contributed by atoms with Gasteiger partial charge in [0.05, 0.1) is 18.6 Å². The topological polar surface area (TPSA) is 156 Å². The van der Waals surface area contributed by atoms with E-state index in [9.17, 15) is 33.5 Å². The van der Waals surface area contributed by atoms with Gasteiger partial charge >= 0.3 is 11.9 Å². The minimum atomic E-state index is -2.40. The predicted molar refractivity (Wildman–Crippen MR) is 160 cm³/mol. The lowest BCUT2D eigenvalue weighted by molar-refractivity contribution is -0.229. The molecule has 10 nitrogen and oxygen atoms in total. The van der Waals surface area contributed by atoms with Gasteiger partial charge < -0.3 is 25.0 Å². The molecule has 14 heteroatoms. The molecule has 0 aliphatic heterocycles. The lowest BCUT2D eigenvalue weighted by Gasteiger charge is -2.63. The molecular formula is C32H42F3NO9S. The van der Waals surface area contributed by atoms with Gasteiger partial charge in [0.15, 0.2) is 17.1 Å². The molecule has 10 atom stereocenters. The molecule has 0 radical (unpaired) electrons. The number of aliphatic carboxylic acids is 1. The third-order valence-corrected chi connectivity index (χ3v) is 11.5. The van der Waals surface area contributed by atoms with Crippen LogP contribution in [0.25, 0.3) is 0 Å². The number of allylic oxidation sites excluding steroid dienone is 4. The van der Waals surface area contributed by atoms with Crippen LogP contribution in [0.5, 0.6) is 0 Å². The average Bonchev–Trinajstić information content (AvgIpc) is 3.17. The van der Waals surface area contributed by atoms with Crippen molar-refractivity contribution in [3.8, 4) is 0 Å². The fourth-order valence-electron chi connectivity index (χ4n) is 8.64. The second-order valence-electron chi connectivity index (χ2n) is 13.4. The van der Waals surface area contributed by atoms with E-state index in [2.05, 4.69) is 5.32 Å². The van der Waals surface area contributed by atoms with E-state index in [1.807, 2.05) is 0 Å². The minimum Gasteiger partial charge on any atom is -0.481 e. The van der Waals surface area contributed by atoms with Gasteiger partial charge in [-0.25, -0.2) is 13.2 Å². The zero-order valence-corrected chi connectivity index (χ0v) is 27.2. The van der Waals surface area contributed by atoms with Crippen molar-refractivity contribution in [1.82, 2.24) is 5.32 Å². The van der Waals surface area contributed by atoms with Crippen LogP contribution in [0.3, 0.4) is 0 Å². The first-order chi connectivity index (χ1) is 21.5. The molecule has 46 heavy (non-hydrogen) atoms. The molecule has 256 valence electrons. The molecule has 0 bridgehead atoms. The number of aliphatic hydroxyl groups is 1. The number of nitrogens with one attached hydrogen (secondary N) is 1. The number of hydrogen-bond donors (Lipinski definition) is 3. The van der Waals surface area contributed by atoms with Crippen LogP contribution in [-0.4, -0.2) is 81.3 Å². The van der Waals surface area contributed by atoms with E-state index in [1.54, 1.807) is 13.8 Å². The lowest BCUT2D eigenvalue weighted by Crippen LogP contribution is -2.70. The number of carboxylic acids is 1. The number of carbonyl (C=O) groups is 5. The zero-order valence-electron chi connectivity index (χ0n) is 26.4. The second-order valence-corrected chi connectivity index (χ2v) is 14.3. The van der Waals surface area contributed by atoms with Crippen molar-refractivity contribution in [1.29, 1.82) is 0 Å². The van der Waals surface area contributed by atoms with Crippen LogP contribution in [0.1, 0.15) is 72.6 Å². The van der Waals surface area contributed by atoms with Gasteiger partial charge in [0, 0.05) is 35.5 Å². The molecule has 4 aliphatic carbocycles. The minimum absolute atomic E-state index is 0.0259. The molecule has 4 aliphatic rings. The van der Waals surface area contributed by atoms with Crippen LogP contribution in [0.2, 0.25) is 0 Å². The quantitative estimate of drug-likeness (QED) is 0.203. The fourth-order valence-corrected chi connectivity index (χ4v) is 9.43. The molecule has 0 aromatic carbocycles. The standard InChI is InChI=1S/C32H42F3NO9S/c1-17-10-20-21-13-23(34)22-12-19(37)8-9-29(22,3)31(21,35)24(38)14-30(20,4)32(17,28(43)46-15-33)45-27(42)11-18(2)44-16-36-25(39)6-5-7-26(40)41/h8-9,12,17-18,20-21,23-24,38H,5-7,10-11,13-16H2,1-4H3,(H,36,39)(H,40,41)/t17-,18?,20+,21+,23+,24+,29+,30+,31+,32+/m1/s1. The summed E-state index contributed by atoms with van der Waals surface area (Å²) in [5.74, 6) is -5.42. The molecule has 3 saturated carbocycles. The Kier molecular flexibility index (Phi) is 10.5. The molecule has 0 heterocycles. The number of hydrogen-bond acceptors (Lipinski definition) is 9. The maximum Gasteiger partial charge on any atom is 0.309 e. The van der Waals surface area contributed by atoms with Crippen LogP contribution < -0.4 is 5.32 Å². The first-order valence-electron chi connectivity index (χ1n) is 15.5. The molecule has 0 aromatic heterocycles. The normalized spacial score (nSPS) is 38.6. The molecule has 4 rings (SSSR count). The number of aliphatic hydroxyl groups excluding tert-OH is 1. The number of carboxylic acid groups (broad SMARTS) is 1. The molecule has 0 saturated heterocycles. The highest BCUT2D eigenvalue weighted by Gasteiger charge is 2.78. The van der Waals surface area contributed by atoms with Gasteiger partial charge in [-0.3, -0.25) is 24.0 Å². The van der Waals surface area contributed by atoms with Crippen molar-refractivity contribution in [3.05, 3.63) is 23.8 Å². The van der Waals surface area contributed by atoms with E-state index >= 15 is 8.78 Å². The lowest BCUT2D eigenvalue weighted by atomic mass is 9.44. The highest BCUT2D eigenvalue weighted by molar-refractivity contribution is 8.13. The van der Waals surface area contributed by atoms with Crippen molar-refractivity contribution in [3.63, 3.8) is 0 Å². The largest absolute Gasteiger partial charge is 0.481 e. The number of amides is 1. The van der Waals surface area contributed by atoms with Gasteiger partial charge in [0.1, 0.15) is 18.9 Å². The second kappa shape index (κ2) is 13.4. The van der Waals surface area contributed by atoms with Crippen LogP contribution in [-0.2, 0) is 33.4 Å². The Hall–Kier alpha value is -2.71. The van der Waals surface area contributed by atoms with E-state index in [4.69, 9.17) is 14.6 Å². The van der Waals surface area contributed by atoms with E-state index in [0.29, 0.717) is 11.8 Å². The molecule has 3 N–H and O–H groups in total. The Morgan fingerprint density at radius 2 is 1.87 bits per heavy atom. The highest BCUT2D eigenvalue weighted by Crippen LogP contribution is 2.72. The molecule has 1 amide bonds. The summed E-state index contributed by atoms with van der Waals surface area (Å²) < 4.78 is 58.5. The van der Waals surface area contributed by atoms with E-state index < -0.39 is 93.0 Å². The maximum absolute atomic E-state index is 17.5. The van der Waals surface area contributed by atoms with Gasteiger partial charge in [-0.05, 0) is 74.9 Å². The third-order valence-electron chi connectivity index (χ3n) is 10.8. The summed E-state index contributed by atoms with van der Waals surface area (Å²) in [6.07, 6.45) is -1.66. The predicted octanol–water partition coefficient (Wildman–Crippen LogP) is 4.14. The first kappa shape index (κ1) is 36.1. The van der Waals surface area contributed by atoms with Crippen LogP contribution in [0.4, 0.5) is 13.2 Å². The van der Waals surface area contributed by atoms with E-state index in [1.165, 1.54) is 26.0 Å². The van der Waals surface area contributed by atoms with Crippen molar-refractivity contribution >= 4 is 40.5 Å². The summed E-state index contributed by atoms with van der Waals surface area (Å²) in [6, 6.07) is -1.12. The summed E-state index contributed by atoms with van der Waals surface area (Å²) >= 11 is 0.314. The number of ether oxygens (including phenoxy) is 2. The Bertz CT molecular complexity index is 1330. The smallest absolute Gasteiger partial charge is 0.309 e. The maximum atomic E-state index is 17.5. The number of esters is 1. The van der Waals surface area contributed by atoms with E-state index in [0.717, 1.165) is 6.08 Å². The fraction of sp³-hybridized carbons (Fsp3) is 0.719. The zero-order chi connectivity index (χ0) is 34.2. The van der Waals surface area contributed by atoms with Gasteiger partial charge in [-0.2, -0.15) is 0 Å². The van der Waals surface area contributed by atoms with Crippen molar-refractivity contribution in [2.24, 2.45) is 28.6 Å². The number of rotatable bonds is 12. The van der Waals surface area contributed by atoms with Crippen molar-refractivity contribution in [2.45, 2.75) is 102 Å². The molecule has 0 aromatic rings. The van der Waals surface area contributed by atoms with Gasteiger partial charge in [0.2, 0.25) is 11.0 Å². The van der Waals surface area contributed by atoms with Gasteiger partial charge in [0.25, 0.3) is 0 Å². The number of alkyl halides is 3. The summed E-state index contributed by atoms with van der Waals surface area (Å²) in [7, 11) is 0. The number of halogens is 3. The number of fused-ring (bicyclic) bond motifs is 5. The highest BCUT2D eigenvalue weighted by atomic mass is 32.2. The summed E-state index contributed by atoms with van der Waals surface area (Å²) in [6.45, 7) is 5.97. The van der Waals surface area contributed by atoms with E-state index in [-0.39, 0.29) is 57.2 Å². The summed E-state index contributed by atoms with van der Waals surface area (Å²) in [4.78, 5) is 61.8. The monoisotopic (exact) mass is 673 g/mol. The first-order valence-corrected chi connectivity index (χ1v) is 16.5. The number of thioether (sulfide) groups is 1. The SMILES string of the molecule is CC(CC(=O)O[C@]1(C(=O)SCF)[C@H](C)C[C@H]2[C@@H]3C[C@H](F)C4=CC(=O)C=C[C@]4(C)[C@@]3(F)[C@@H](O)C[C@@]21C)OCNC(=O)CCCC(=O)O. The molecule has 0 spiro atoms. The number of ketones is 1. The number of carbonyl (C=O) groups excluding carboxylic acids is 4. The summed E-state index contributed by atoms with van der Waals surface area (Å²) in [5, 5.41) is 22.0. The van der Waals surface area contributed by atoms with Crippen LogP contribution in [0.15, 0.2) is 23.8 Å².